The van der Waals surface area contributed by atoms with E-state index in [0.717, 1.165) is 30.8 Å². The minimum absolute atomic E-state index is 0.112. The van der Waals surface area contributed by atoms with Crippen LogP contribution in [0.3, 0.4) is 0 Å². The van der Waals surface area contributed by atoms with Crippen LogP contribution in [0.2, 0.25) is 0 Å². The number of nitrogens with one attached hydrogen (secondary N) is 1. The molecule has 0 radical (unpaired) electrons. The quantitative estimate of drug-likeness (QED) is 0.427. The number of carbonyl (C=O) groups is 1. The second kappa shape index (κ2) is 11.6. The van der Waals surface area contributed by atoms with Crippen molar-refractivity contribution in [2.24, 2.45) is 0 Å². The lowest BCUT2D eigenvalue weighted by Gasteiger charge is -2.36. The normalized spacial score (nSPS) is 18.1. The van der Waals surface area contributed by atoms with Crippen molar-refractivity contribution in [3.63, 3.8) is 0 Å². The summed E-state index contributed by atoms with van der Waals surface area (Å²) in [5, 5.41) is 3.02. The van der Waals surface area contributed by atoms with Crippen molar-refractivity contribution in [1.82, 2.24) is 10.2 Å². The molecule has 2 aliphatic rings. The van der Waals surface area contributed by atoms with Gasteiger partial charge in [0.1, 0.15) is 5.75 Å². The number of amides is 1. The fraction of sp³-hybridized carbons (Fsp3) is 0.406. The first-order chi connectivity index (χ1) is 19.1. The number of carbonyl (C=O) groups excluding carboxylic acids is 1. The fourth-order valence-electron chi connectivity index (χ4n) is 5.34. The summed E-state index contributed by atoms with van der Waals surface area (Å²) < 4.78 is 35.1. The van der Waals surface area contributed by atoms with Crippen LogP contribution in [0.4, 0.5) is 5.69 Å². The van der Waals surface area contributed by atoms with E-state index in [2.05, 4.69) is 37.1 Å². The molecule has 2 aliphatic heterocycles. The number of likely N-dealkylation sites (tertiary alicyclic amines) is 1. The third-order valence-corrected chi connectivity index (χ3v) is 9.53. The van der Waals surface area contributed by atoms with E-state index in [-0.39, 0.29) is 22.8 Å². The highest BCUT2D eigenvalue weighted by Gasteiger charge is 2.38. The molecule has 1 fully saturated rings. The van der Waals surface area contributed by atoms with Crippen LogP contribution in [-0.2, 0) is 33.3 Å². The zero-order valence-corrected chi connectivity index (χ0v) is 24.4. The second-order valence-electron chi connectivity index (χ2n) is 11.7. The van der Waals surface area contributed by atoms with Crippen molar-refractivity contribution >= 4 is 21.6 Å². The molecule has 1 amide bonds. The molecule has 0 spiro atoms. The zero-order valence-electron chi connectivity index (χ0n) is 23.6. The first-order valence-electron chi connectivity index (χ1n) is 14.1. The van der Waals surface area contributed by atoms with Gasteiger partial charge in [-0.2, -0.15) is 0 Å². The summed E-state index contributed by atoms with van der Waals surface area (Å²) in [6.07, 6.45) is 2.74. The van der Waals surface area contributed by atoms with E-state index in [1.165, 1.54) is 29.1 Å². The topological polar surface area (TPSA) is 79.0 Å². The average Bonchev–Trinajstić information content (AvgIpc) is 2.96. The highest BCUT2D eigenvalue weighted by molar-refractivity contribution is 7.92. The highest BCUT2D eigenvalue weighted by Crippen LogP contribution is 2.40. The molecule has 3 aromatic rings. The van der Waals surface area contributed by atoms with E-state index in [9.17, 15) is 13.2 Å². The number of piperidine rings is 1. The summed E-state index contributed by atoms with van der Waals surface area (Å²) in [7, 11) is -3.93. The van der Waals surface area contributed by atoms with E-state index in [0.29, 0.717) is 18.0 Å². The van der Waals surface area contributed by atoms with Crippen molar-refractivity contribution in [3.05, 3.63) is 89.5 Å². The molecule has 0 aromatic heterocycles. The molecule has 212 valence electrons. The number of anilines is 1. The van der Waals surface area contributed by atoms with Crippen LogP contribution in [0.1, 0.15) is 56.7 Å². The zero-order chi connectivity index (χ0) is 28.3. The first kappa shape index (κ1) is 28.2. The summed E-state index contributed by atoms with van der Waals surface area (Å²) in [5.74, 6) is 0.0380. The smallest absolute Gasteiger partial charge is 0.264 e. The minimum atomic E-state index is -3.93. The summed E-state index contributed by atoms with van der Waals surface area (Å²) in [6, 6.07) is 22.1. The number of hydrogen-bond donors (Lipinski definition) is 1. The van der Waals surface area contributed by atoms with E-state index < -0.39 is 16.1 Å². The Kier molecular flexibility index (Phi) is 8.19. The summed E-state index contributed by atoms with van der Waals surface area (Å²) in [4.78, 5) is 16.1. The van der Waals surface area contributed by atoms with Gasteiger partial charge in [0.05, 0.1) is 17.1 Å². The number of benzene rings is 3. The fourth-order valence-corrected chi connectivity index (χ4v) is 6.83. The Bertz CT molecular complexity index is 1440. The van der Waals surface area contributed by atoms with E-state index >= 15 is 0 Å². The lowest BCUT2D eigenvalue weighted by molar-refractivity contribution is -0.127. The van der Waals surface area contributed by atoms with E-state index in [1.807, 2.05) is 30.3 Å². The molecule has 8 heteroatoms. The third-order valence-electron chi connectivity index (χ3n) is 7.73. The molecular weight excluding hydrogens is 522 g/mol. The maximum absolute atomic E-state index is 13.8. The molecule has 1 N–H and O–H groups in total. The van der Waals surface area contributed by atoms with Gasteiger partial charge in [0.25, 0.3) is 15.9 Å². The number of ether oxygens (including phenoxy) is 1. The Morgan fingerprint density at radius 3 is 2.30 bits per heavy atom. The molecular formula is C32H39N3O4S. The third kappa shape index (κ3) is 6.18. The van der Waals surface area contributed by atoms with Crippen LogP contribution in [0.5, 0.6) is 5.75 Å². The van der Waals surface area contributed by atoms with Crippen molar-refractivity contribution in [2.75, 3.05) is 23.9 Å². The Hall–Kier alpha value is -3.36. The van der Waals surface area contributed by atoms with Gasteiger partial charge >= 0.3 is 0 Å². The van der Waals surface area contributed by atoms with Crippen LogP contribution in [0.25, 0.3) is 0 Å². The molecule has 0 saturated carbocycles. The molecule has 3 aromatic carbocycles. The molecule has 5 rings (SSSR count). The van der Waals surface area contributed by atoms with Crippen LogP contribution in [-0.4, -0.2) is 45.0 Å². The monoisotopic (exact) mass is 561 g/mol. The lowest BCUT2D eigenvalue weighted by atomic mass is 9.86. The highest BCUT2D eigenvalue weighted by atomic mass is 32.2. The van der Waals surface area contributed by atoms with Gasteiger partial charge in [-0.05, 0) is 72.3 Å². The van der Waals surface area contributed by atoms with Crippen LogP contribution in [0, 0.1) is 0 Å². The minimum Gasteiger partial charge on any atom is -0.476 e. The van der Waals surface area contributed by atoms with E-state index in [4.69, 9.17) is 4.74 Å². The average molecular weight is 562 g/mol. The van der Waals surface area contributed by atoms with Gasteiger partial charge in [0.15, 0.2) is 6.10 Å². The standard InChI is InChI=1S/C32H39N3O4S/c1-32(2,3)26-16-17-29-28(20-26)35(40(37,38)27-14-6-4-7-15-27)23-30(39-29)31(36)33-21-24-12-8-9-13-25(24)22-34-18-10-5-11-19-34/h4,6-9,12-17,20,30H,5,10-11,18-19,21-23H2,1-3H3,(H,33,36)/t30-/m0/s1. The van der Waals surface area contributed by atoms with Gasteiger partial charge in [-0.25, -0.2) is 8.42 Å². The predicted molar refractivity (Wildman–Crippen MR) is 158 cm³/mol. The Balaban J connectivity index is 1.38. The molecule has 1 saturated heterocycles. The van der Waals surface area contributed by atoms with Gasteiger partial charge in [0, 0.05) is 13.1 Å². The Morgan fingerprint density at radius 2 is 1.60 bits per heavy atom. The Labute approximate surface area is 238 Å². The molecule has 7 nitrogen and oxygen atoms in total. The van der Waals surface area contributed by atoms with Crippen LogP contribution in [0.15, 0.2) is 77.7 Å². The SMILES string of the molecule is CC(C)(C)c1ccc2c(c1)N(S(=O)(=O)c1ccccc1)C[C@@H](C(=O)NCc1ccccc1CN1CCCCC1)O2. The van der Waals surface area contributed by atoms with Gasteiger partial charge in [-0.15, -0.1) is 0 Å². The molecule has 0 unspecified atom stereocenters. The number of fused-ring (bicyclic) bond motifs is 1. The lowest BCUT2D eigenvalue weighted by Crippen LogP contribution is -2.50. The molecule has 0 aliphatic carbocycles. The Morgan fingerprint density at radius 1 is 0.925 bits per heavy atom. The molecule has 2 heterocycles. The van der Waals surface area contributed by atoms with Crippen molar-refractivity contribution in [1.29, 1.82) is 0 Å². The van der Waals surface area contributed by atoms with Crippen LogP contribution < -0.4 is 14.4 Å². The number of hydrogen-bond acceptors (Lipinski definition) is 5. The summed E-state index contributed by atoms with van der Waals surface area (Å²) in [6.45, 7) is 9.52. The number of nitrogens with zero attached hydrogens (tertiary/aromatic N) is 2. The van der Waals surface area contributed by atoms with Crippen molar-refractivity contribution in [3.8, 4) is 5.75 Å². The largest absolute Gasteiger partial charge is 0.476 e. The van der Waals surface area contributed by atoms with E-state index in [1.54, 1.807) is 36.4 Å². The van der Waals surface area contributed by atoms with Gasteiger partial charge < -0.3 is 10.1 Å². The van der Waals surface area contributed by atoms with Gasteiger partial charge in [-0.3, -0.25) is 14.0 Å². The van der Waals surface area contributed by atoms with Gasteiger partial charge in [0.2, 0.25) is 0 Å². The van der Waals surface area contributed by atoms with Gasteiger partial charge in [-0.1, -0.05) is 75.7 Å². The number of rotatable bonds is 7. The summed E-state index contributed by atoms with van der Waals surface area (Å²) >= 11 is 0. The maximum Gasteiger partial charge on any atom is 0.264 e. The van der Waals surface area contributed by atoms with Crippen LogP contribution >= 0.6 is 0 Å². The maximum atomic E-state index is 13.8. The van der Waals surface area contributed by atoms with Crippen molar-refractivity contribution < 1.29 is 17.9 Å². The molecule has 40 heavy (non-hydrogen) atoms. The number of sulfonamides is 1. The summed E-state index contributed by atoms with van der Waals surface area (Å²) in [5.41, 5.74) is 3.50. The first-order valence-corrected chi connectivity index (χ1v) is 15.5. The molecule has 0 bridgehead atoms. The second-order valence-corrected chi connectivity index (χ2v) is 13.6. The predicted octanol–water partition coefficient (Wildman–Crippen LogP) is 5.24. The van der Waals surface area contributed by atoms with Crippen molar-refractivity contribution in [2.45, 2.75) is 69.5 Å². The molecule has 1 atom stereocenters.